The lowest BCUT2D eigenvalue weighted by molar-refractivity contribution is -0.0696. The molecule has 0 spiro atoms. The third-order valence-electron chi connectivity index (χ3n) is 3.40. The van der Waals surface area contributed by atoms with E-state index in [-0.39, 0.29) is 5.22 Å². The highest BCUT2D eigenvalue weighted by molar-refractivity contribution is 5.68. The van der Waals surface area contributed by atoms with Crippen LogP contribution in [0.5, 0.6) is 0 Å². The fourth-order valence-electron chi connectivity index (χ4n) is 2.17. The molecular formula is C20H13F5. The van der Waals surface area contributed by atoms with Crippen molar-refractivity contribution >= 4 is 12.4 Å². The molecule has 0 unspecified atom stereocenters. The third-order valence-corrected chi connectivity index (χ3v) is 3.40. The third kappa shape index (κ3) is 4.57. The number of benzene rings is 2. The Kier molecular flexibility index (Phi) is 5.13. The van der Waals surface area contributed by atoms with E-state index < -0.39 is 28.6 Å². The fraction of sp³-hybridized carbons (Fsp3) is 0.100. The average molecular weight is 348 g/mol. The summed E-state index contributed by atoms with van der Waals surface area (Å²) in [4.78, 5) is 0. The van der Waals surface area contributed by atoms with Crippen molar-refractivity contribution in [2.45, 2.75) is 13.1 Å². The van der Waals surface area contributed by atoms with Crippen molar-refractivity contribution in [3.63, 3.8) is 0 Å². The molecule has 0 aliphatic heterocycles. The Hall–Kier alpha value is -2.87. The number of hydrogen-bond donors (Lipinski definition) is 0. The van der Waals surface area contributed by atoms with Crippen molar-refractivity contribution < 1.29 is 22.0 Å². The lowest BCUT2D eigenvalue weighted by atomic mass is 10.0. The lowest BCUT2D eigenvalue weighted by Crippen LogP contribution is -2.29. The summed E-state index contributed by atoms with van der Waals surface area (Å²) in [7, 11) is 0. The molecule has 0 saturated carbocycles. The van der Waals surface area contributed by atoms with Crippen LogP contribution in [0.25, 0.3) is 23.5 Å². The number of rotatable bonds is 2. The Labute approximate surface area is 141 Å². The molecular weight excluding hydrogens is 335 g/mol. The first-order valence-electron chi connectivity index (χ1n) is 7.13. The molecule has 5 heteroatoms. The van der Waals surface area contributed by atoms with E-state index in [9.17, 15) is 22.0 Å². The molecule has 2 rings (SSSR count). The van der Waals surface area contributed by atoms with E-state index >= 15 is 0 Å². The summed E-state index contributed by atoms with van der Waals surface area (Å²) >= 11 is 0. The molecule has 0 heterocycles. The molecule has 0 saturated heterocycles. The van der Waals surface area contributed by atoms with Crippen molar-refractivity contribution in [2.24, 2.45) is 0 Å². The average Bonchev–Trinajstić information content (AvgIpc) is 2.51. The van der Waals surface area contributed by atoms with E-state index in [0.29, 0.717) is 11.1 Å². The van der Waals surface area contributed by atoms with Gasteiger partial charge in [-0.1, -0.05) is 48.9 Å². The molecule has 0 nitrogen and oxygen atoms in total. The summed E-state index contributed by atoms with van der Waals surface area (Å²) in [5.74, 6) is 0.235. The molecule has 128 valence electrons. The molecule has 0 bridgehead atoms. The Morgan fingerprint density at radius 1 is 1.04 bits per heavy atom. The van der Waals surface area contributed by atoms with Crippen LogP contribution >= 0.6 is 0 Å². The Morgan fingerprint density at radius 3 is 2.16 bits per heavy atom. The highest BCUT2D eigenvalue weighted by Crippen LogP contribution is 2.19. The van der Waals surface area contributed by atoms with Gasteiger partial charge in [0.05, 0.1) is 10.8 Å². The van der Waals surface area contributed by atoms with Crippen molar-refractivity contribution in [1.82, 2.24) is 0 Å². The lowest BCUT2D eigenvalue weighted by Gasteiger charge is -2.05. The van der Waals surface area contributed by atoms with Gasteiger partial charge in [0.25, 0.3) is 0 Å². The molecule has 0 fully saturated rings. The number of allylic oxidation sites excluding steroid dienone is 1. The highest BCUT2D eigenvalue weighted by Gasteiger charge is 2.23. The summed E-state index contributed by atoms with van der Waals surface area (Å²) in [5, 5.41) is -0.555. The topological polar surface area (TPSA) is 0 Å². The molecule has 0 N–H and O–H groups in total. The minimum atomic E-state index is -4.79. The van der Waals surface area contributed by atoms with E-state index in [0.717, 1.165) is 17.6 Å². The number of aryl methyl sites for hydroxylation is 1. The zero-order chi connectivity index (χ0) is 18.8. The van der Waals surface area contributed by atoms with Crippen molar-refractivity contribution in [3.8, 4) is 23.0 Å². The fourth-order valence-corrected chi connectivity index (χ4v) is 2.17. The van der Waals surface area contributed by atoms with Crippen LogP contribution in [0, 0.1) is 24.6 Å². The molecule has 0 aliphatic carbocycles. The number of alkyl halides is 3. The quantitative estimate of drug-likeness (QED) is 0.557. The zero-order valence-electron chi connectivity index (χ0n) is 13.3. The van der Waals surface area contributed by atoms with Gasteiger partial charge < -0.3 is 0 Å². The predicted octanol–water partition coefficient (Wildman–Crippen LogP) is 4.41. The van der Waals surface area contributed by atoms with Gasteiger partial charge in [0, 0.05) is 5.92 Å². The van der Waals surface area contributed by atoms with Crippen LogP contribution in [-0.2, 0) is 0 Å². The molecule has 0 aromatic heterocycles. The van der Waals surface area contributed by atoms with Gasteiger partial charge in [0.1, 0.15) is 11.6 Å². The van der Waals surface area contributed by atoms with Crippen LogP contribution in [0.3, 0.4) is 0 Å². The van der Waals surface area contributed by atoms with Gasteiger partial charge in [-0.15, -0.1) is 0 Å². The van der Waals surface area contributed by atoms with Crippen LogP contribution in [0.2, 0.25) is 0 Å². The molecule has 0 aliphatic rings. The van der Waals surface area contributed by atoms with E-state index in [1.54, 1.807) is 18.1 Å². The first-order chi connectivity index (χ1) is 11.6. The monoisotopic (exact) mass is 348 g/mol. The van der Waals surface area contributed by atoms with E-state index in [1.807, 2.05) is 19.1 Å². The van der Waals surface area contributed by atoms with Gasteiger partial charge in [0.15, 0.2) is 0 Å². The van der Waals surface area contributed by atoms with Crippen molar-refractivity contribution in [1.29, 1.82) is 0 Å². The first-order valence-corrected chi connectivity index (χ1v) is 7.13. The highest BCUT2D eigenvalue weighted by atomic mass is 19.4. The van der Waals surface area contributed by atoms with Crippen LogP contribution in [0.1, 0.15) is 5.56 Å². The molecule has 0 atom stereocenters. The van der Waals surface area contributed by atoms with E-state index in [2.05, 4.69) is 13.2 Å². The van der Waals surface area contributed by atoms with Crippen LogP contribution in [0.4, 0.5) is 22.0 Å². The molecule has 0 amide bonds. The van der Waals surface area contributed by atoms with Crippen molar-refractivity contribution in [2.75, 3.05) is 0 Å². The molecule has 0 radical (unpaired) electrons. The summed E-state index contributed by atoms with van der Waals surface area (Å²) in [6, 6.07) is 9.77. The molecule has 25 heavy (non-hydrogen) atoms. The predicted molar refractivity (Wildman–Crippen MR) is 88.8 cm³/mol. The maximum atomic E-state index is 14.3. The maximum Gasteiger partial charge on any atom is 0.458 e. The Balaban J connectivity index is 2.56. The van der Waals surface area contributed by atoms with Gasteiger partial charge in [0.2, 0.25) is 0 Å². The number of hydrogen-bond acceptors (Lipinski definition) is 0. The van der Waals surface area contributed by atoms with E-state index in [1.165, 1.54) is 6.07 Å². The van der Waals surface area contributed by atoms with Gasteiger partial charge in [-0.05, 0) is 35.4 Å². The second-order valence-electron chi connectivity index (χ2n) is 5.40. The van der Waals surface area contributed by atoms with E-state index in [4.69, 9.17) is 0 Å². The van der Waals surface area contributed by atoms with Gasteiger partial charge in [-0.3, -0.25) is 0 Å². The SMILES string of the molecule is C=C(C#CC(F)(F)F)/C(F)=c1/c(F)cc(-c2ccc(C)cc2)cc1=C. The summed E-state index contributed by atoms with van der Waals surface area (Å²) in [5.41, 5.74) is 1.45. The smallest absolute Gasteiger partial charge is 0.206 e. The summed E-state index contributed by atoms with van der Waals surface area (Å²) in [6.45, 7) is 8.61. The van der Waals surface area contributed by atoms with Gasteiger partial charge in [-0.2, -0.15) is 13.2 Å². The number of halogens is 5. The summed E-state index contributed by atoms with van der Waals surface area (Å²) in [6.07, 6.45) is -4.79. The van der Waals surface area contributed by atoms with Crippen molar-refractivity contribution in [3.05, 3.63) is 70.4 Å². The zero-order valence-corrected chi connectivity index (χ0v) is 13.3. The largest absolute Gasteiger partial charge is 0.458 e. The summed E-state index contributed by atoms with van der Waals surface area (Å²) < 4.78 is 64.9. The van der Waals surface area contributed by atoms with Gasteiger partial charge in [-0.25, -0.2) is 8.78 Å². The molecule has 2 aromatic carbocycles. The second kappa shape index (κ2) is 6.94. The minimum Gasteiger partial charge on any atom is -0.206 e. The first kappa shape index (κ1) is 18.5. The Morgan fingerprint density at radius 2 is 1.64 bits per heavy atom. The Bertz CT molecular complexity index is 984. The molecule has 2 aromatic rings. The minimum absolute atomic E-state index is 0.0111. The normalized spacial score (nSPS) is 12.2. The second-order valence-corrected chi connectivity index (χ2v) is 5.40. The standard InChI is InChI=1S/C20H13F5/c1-12-4-6-15(7-5-12)16-10-14(3)18(17(21)11-16)19(22)13(2)8-9-20(23,24)25/h4-7,10-11H,2-3H2,1H3/b19-18-. The van der Waals surface area contributed by atoms with Crippen LogP contribution in [0.15, 0.2) is 48.6 Å². The maximum absolute atomic E-state index is 14.3. The van der Waals surface area contributed by atoms with Gasteiger partial charge >= 0.3 is 6.18 Å². The van der Waals surface area contributed by atoms with Crippen LogP contribution in [-0.4, -0.2) is 6.18 Å². The van der Waals surface area contributed by atoms with Crippen LogP contribution < -0.4 is 10.4 Å².